The molecule has 0 aliphatic rings. The number of carbonyl (C=O) groups excluding carboxylic acids is 2. The molecule has 0 saturated carbocycles. The first-order valence-corrected chi connectivity index (χ1v) is 6.18. The number of hydrogen-bond donors (Lipinski definition) is 0. The molecule has 0 atom stereocenters. The zero-order valence-corrected chi connectivity index (χ0v) is 10.2. The van der Waals surface area contributed by atoms with Gasteiger partial charge < -0.3 is 9.69 Å². The molecule has 0 N–H and O–H groups in total. The Morgan fingerprint density at radius 3 is 3.06 bits per heavy atom. The zero-order chi connectivity index (χ0) is 11.8. The first-order valence-electron chi connectivity index (χ1n) is 5.30. The normalized spacial score (nSPS) is 10.1. The first kappa shape index (κ1) is 12.8. The lowest BCUT2D eigenvalue weighted by molar-refractivity contribution is -0.130. The van der Waals surface area contributed by atoms with Gasteiger partial charge in [-0.05, 0) is 6.42 Å². The number of thiazole rings is 1. The van der Waals surface area contributed by atoms with Gasteiger partial charge in [-0.25, -0.2) is 4.98 Å². The molecule has 1 rings (SSSR count). The fourth-order valence-electron chi connectivity index (χ4n) is 1.29. The number of aromatic nitrogens is 1. The third kappa shape index (κ3) is 4.53. The van der Waals surface area contributed by atoms with E-state index in [4.69, 9.17) is 0 Å². The molecule has 88 valence electrons. The van der Waals surface area contributed by atoms with Crippen molar-refractivity contribution in [2.75, 3.05) is 13.6 Å². The molecular weight excluding hydrogens is 224 g/mol. The van der Waals surface area contributed by atoms with Crippen molar-refractivity contribution in [1.82, 2.24) is 9.88 Å². The first-order chi connectivity index (χ1) is 7.74. The smallest absolute Gasteiger partial charge is 0.222 e. The summed E-state index contributed by atoms with van der Waals surface area (Å²) >= 11 is 1.60. The number of rotatable bonds is 7. The van der Waals surface area contributed by atoms with Crippen LogP contribution in [0, 0.1) is 0 Å². The van der Waals surface area contributed by atoms with Gasteiger partial charge in [0.15, 0.2) is 0 Å². The van der Waals surface area contributed by atoms with Crippen LogP contribution >= 0.6 is 11.3 Å². The second-order valence-corrected chi connectivity index (χ2v) is 4.53. The number of carbonyl (C=O) groups is 2. The lowest BCUT2D eigenvalue weighted by Gasteiger charge is -2.15. The summed E-state index contributed by atoms with van der Waals surface area (Å²) < 4.78 is 0. The maximum atomic E-state index is 11.6. The van der Waals surface area contributed by atoms with Crippen LogP contribution in [0.25, 0.3) is 0 Å². The quantitative estimate of drug-likeness (QED) is 0.536. The molecule has 0 spiro atoms. The second-order valence-electron chi connectivity index (χ2n) is 3.55. The number of likely N-dealkylation sites (N-methyl/N-ethyl adjacent to an activating group) is 1. The predicted octanol–water partition coefficient (Wildman–Crippen LogP) is 1.51. The Balaban J connectivity index is 2.20. The van der Waals surface area contributed by atoms with Crippen LogP contribution < -0.4 is 0 Å². The molecule has 0 bridgehead atoms. The van der Waals surface area contributed by atoms with E-state index in [1.165, 1.54) is 0 Å². The number of aldehydes is 1. The number of nitrogens with zero attached hydrogens (tertiary/aromatic N) is 2. The Morgan fingerprint density at radius 1 is 1.62 bits per heavy atom. The molecule has 1 aromatic rings. The van der Waals surface area contributed by atoms with Crippen molar-refractivity contribution in [1.29, 1.82) is 0 Å². The Labute approximate surface area is 99.3 Å². The lowest BCUT2D eigenvalue weighted by atomic mass is 10.2. The summed E-state index contributed by atoms with van der Waals surface area (Å²) in [6.45, 7) is 0.688. The highest BCUT2D eigenvalue weighted by Gasteiger charge is 2.08. The average molecular weight is 240 g/mol. The van der Waals surface area contributed by atoms with Gasteiger partial charge in [0.1, 0.15) is 6.29 Å². The van der Waals surface area contributed by atoms with Gasteiger partial charge in [0, 0.05) is 44.4 Å². The minimum Gasteiger partial charge on any atom is -0.345 e. The molecule has 0 aliphatic carbocycles. The van der Waals surface area contributed by atoms with Gasteiger partial charge in [0.2, 0.25) is 5.91 Å². The van der Waals surface area contributed by atoms with E-state index < -0.39 is 0 Å². The molecule has 0 radical (unpaired) electrons. The van der Waals surface area contributed by atoms with Crippen LogP contribution in [0.3, 0.4) is 0 Å². The van der Waals surface area contributed by atoms with Gasteiger partial charge in [0.25, 0.3) is 0 Å². The van der Waals surface area contributed by atoms with Gasteiger partial charge in [-0.3, -0.25) is 4.79 Å². The summed E-state index contributed by atoms with van der Waals surface area (Å²) in [6.07, 6.45) is 4.98. The second kappa shape index (κ2) is 7.11. The molecule has 16 heavy (non-hydrogen) atoms. The van der Waals surface area contributed by atoms with Crippen molar-refractivity contribution in [2.24, 2.45) is 0 Å². The van der Waals surface area contributed by atoms with Crippen molar-refractivity contribution < 1.29 is 9.59 Å². The summed E-state index contributed by atoms with van der Waals surface area (Å²) in [5, 5.41) is 2.98. The lowest BCUT2D eigenvalue weighted by Crippen LogP contribution is -2.28. The Hall–Kier alpha value is -1.23. The fourth-order valence-corrected chi connectivity index (χ4v) is 1.90. The molecule has 1 heterocycles. The Kier molecular flexibility index (Phi) is 5.71. The Morgan fingerprint density at radius 2 is 2.44 bits per heavy atom. The van der Waals surface area contributed by atoms with E-state index >= 15 is 0 Å². The number of amides is 1. The summed E-state index contributed by atoms with van der Waals surface area (Å²) in [6, 6.07) is 0. The summed E-state index contributed by atoms with van der Waals surface area (Å²) in [5.74, 6) is 0.0957. The van der Waals surface area contributed by atoms with Gasteiger partial charge >= 0.3 is 0 Å². The van der Waals surface area contributed by atoms with E-state index in [0.717, 1.165) is 17.7 Å². The number of unbranched alkanes of at least 4 members (excludes halogenated alkanes) is 1. The van der Waals surface area contributed by atoms with Crippen LogP contribution in [0.1, 0.15) is 24.3 Å². The van der Waals surface area contributed by atoms with Crippen molar-refractivity contribution in [3.05, 3.63) is 16.6 Å². The SMILES string of the molecule is CN(CCc1nccs1)C(=O)CCCC=O. The zero-order valence-electron chi connectivity index (χ0n) is 9.39. The topological polar surface area (TPSA) is 50.3 Å². The van der Waals surface area contributed by atoms with Gasteiger partial charge in [0.05, 0.1) is 5.01 Å². The molecule has 0 aromatic carbocycles. The monoisotopic (exact) mass is 240 g/mol. The number of hydrogen-bond acceptors (Lipinski definition) is 4. The molecular formula is C11H16N2O2S. The van der Waals surface area contributed by atoms with Gasteiger partial charge in [-0.15, -0.1) is 11.3 Å². The van der Waals surface area contributed by atoms with Gasteiger partial charge in [-0.2, -0.15) is 0 Å². The highest BCUT2D eigenvalue weighted by molar-refractivity contribution is 7.09. The van der Waals surface area contributed by atoms with Crippen molar-refractivity contribution in [2.45, 2.75) is 25.7 Å². The fraction of sp³-hybridized carbons (Fsp3) is 0.545. The largest absolute Gasteiger partial charge is 0.345 e. The predicted molar refractivity (Wildman–Crippen MR) is 63.4 cm³/mol. The van der Waals surface area contributed by atoms with E-state index in [-0.39, 0.29) is 5.91 Å². The van der Waals surface area contributed by atoms with Gasteiger partial charge in [-0.1, -0.05) is 0 Å². The summed E-state index contributed by atoms with van der Waals surface area (Å²) in [7, 11) is 1.79. The molecule has 0 unspecified atom stereocenters. The highest BCUT2D eigenvalue weighted by Crippen LogP contribution is 2.06. The molecule has 1 aromatic heterocycles. The maximum Gasteiger partial charge on any atom is 0.222 e. The van der Waals surface area contributed by atoms with Crippen LogP contribution in [-0.2, 0) is 16.0 Å². The van der Waals surface area contributed by atoms with Crippen molar-refractivity contribution >= 4 is 23.5 Å². The standard InChI is InChI=1S/C11H16N2O2S/c1-13(11(15)4-2-3-8-14)7-5-10-12-6-9-16-10/h6,8-9H,2-5,7H2,1H3. The van der Waals surface area contributed by atoms with E-state index in [9.17, 15) is 9.59 Å². The van der Waals surface area contributed by atoms with E-state index in [1.807, 2.05) is 5.38 Å². The summed E-state index contributed by atoms with van der Waals surface area (Å²) in [4.78, 5) is 27.5. The van der Waals surface area contributed by atoms with Crippen molar-refractivity contribution in [3.8, 4) is 0 Å². The molecule has 0 fully saturated rings. The minimum atomic E-state index is 0.0957. The summed E-state index contributed by atoms with van der Waals surface area (Å²) in [5.41, 5.74) is 0. The maximum absolute atomic E-state index is 11.6. The van der Waals surface area contributed by atoms with Crippen LogP contribution in [-0.4, -0.2) is 35.7 Å². The minimum absolute atomic E-state index is 0.0957. The van der Waals surface area contributed by atoms with Crippen LogP contribution in [0.15, 0.2) is 11.6 Å². The Bertz CT molecular complexity index is 325. The van der Waals surface area contributed by atoms with Crippen LogP contribution in [0.4, 0.5) is 0 Å². The molecule has 0 aliphatic heterocycles. The third-order valence-corrected chi connectivity index (χ3v) is 3.12. The van der Waals surface area contributed by atoms with E-state index in [2.05, 4.69) is 4.98 Å². The molecule has 5 heteroatoms. The van der Waals surface area contributed by atoms with Crippen LogP contribution in [0.2, 0.25) is 0 Å². The van der Waals surface area contributed by atoms with Crippen molar-refractivity contribution in [3.63, 3.8) is 0 Å². The van der Waals surface area contributed by atoms with E-state index in [0.29, 0.717) is 25.8 Å². The molecule has 0 saturated heterocycles. The molecule has 1 amide bonds. The highest BCUT2D eigenvalue weighted by atomic mass is 32.1. The van der Waals surface area contributed by atoms with Crippen LogP contribution in [0.5, 0.6) is 0 Å². The average Bonchev–Trinajstić information content (AvgIpc) is 2.79. The van der Waals surface area contributed by atoms with E-state index in [1.54, 1.807) is 29.5 Å². The molecule has 4 nitrogen and oxygen atoms in total. The third-order valence-electron chi connectivity index (χ3n) is 2.28.